The minimum Gasteiger partial charge on any atom is -0.387 e. The van der Waals surface area contributed by atoms with Gasteiger partial charge in [0.15, 0.2) is 0 Å². The molecule has 28 heavy (non-hydrogen) atoms. The Kier molecular flexibility index (Phi) is 6.39. The van der Waals surface area contributed by atoms with E-state index in [1.807, 2.05) is 54.6 Å². The largest absolute Gasteiger partial charge is 0.387 e. The van der Waals surface area contributed by atoms with E-state index in [1.54, 1.807) is 18.2 Å². The van der Waals surface area contributed by atoms with Crippen molar-refractivity contribution in [3.05, 3.63) is 82.8 Å². The smallest absolute Gasteiger partial charge is 0.229 e. The summed E-state index contributed by atoms with van der Waals surface area (Å²) >= 11 is 3.43. The summed E-state index contributed by atoms with van der Waals surface area (Å²) in [4.78, 5) is 0. The molecule has 3 N–H and O–H groups in total. The van der Waals surface area contributed by atoms with Crippen LogP contribution in [0.4, 0.5) is 11.4 Å². The van der Waals surface area contributed by atoms with Crippen molar-refractivity contribution in [3.8, 4) is 11.1 Å². The SMILES string of the molecule is CS(=O)(=O)Nc1cccc(NCC(O)c2ccc(-c3ccc(Br)cc3)cc2)c1. The number of hydrogen-bond donors (Lipinski definition) is 3. The van der Waals surface area contributed by atoms with Gasteiger partial charge in [-0.2, -0.15) is 0 Å². The molecule has 1 unspecified atom stereocenters. The standard InChI is InChI=1S/C21H21BrN2O3S/c1-28(26,27)24-20-4-2-3-19(13-20)23-14-21(25)17-7-5-15(6-8-17)16-9-11-18(22)12-10-16/h2-13,21,23-25H,14H2,1H3. The van der Waals surface area contributed by atoms with Gasteiger partial charge in [-0.1, -0.05) is 58.4 Å². The number of aliphatic hydroxyl groups is 1. The summed E-state index contributed by atoms with van der Waals surface area (Å²) in [6, 6.07) is 22.8. The third kappa shape index (κ3) is 5.82. The molecule has 0 fully saturated rings. The van der Waals surface area contributed by atoms with Crippen molar-refractivity contribution < 1.29 is 13.5 Å². The van der Waals surface area contributed by atoms with Gasteiger partial charge in [0.05, 0.1) is 18.0 Å². The zero-order valence-corrected chi connectivity index (χ0v) is 17.7. The van der Waals surface area contributed by atoms with E-state index < -0.39 is 16.1 Å². The van der Waals surface area contributed by atoms with Crippen molar-refractivity contribution in [1.82, 2.24) is 0 Å². The van der Waals surface area contributed by atoms with Crippen LogP contribution < -0.4 is 10.0 Å². The molecule has 0 aliphatic carbocycles. The third-order valence-electron chi connectivity index (χ3n) is 4.14. The van der Waals surface area contributed by atoms with E-state index in [0.29, 0.717) is 12.2 Å². The quantitative estimate of drug-likeness (QED) is 0.480. The molecule has 0 aliphatic rings. The molecule has 0 bridgehead atoms. The van der Waals surface area contributed by atoms with Gasteiger partial charge in [0.1, 0.15) is 0 Å². The van der Waals surface area contributed by atoms with E-state index in [0.717, 1.165) is 33.1 Å². The van der Waals surface area contributed by atoms with Crippen molar-refractivity contribution in [2.75, 3.05) is 22.8 Å². The van der Waals surface area contributed by atoms with Gasteiger partial charge in [0.25, 0.3) is 0 Å². The minimum atomic E-state index is -3.33. The highest BCUT2D eigenvalue weighted by atomic mass is 79.9. The van der Waals surface area contributed by atoms with Gasteiger partial charge in [-0.3, -0.25) is 4.72 Å². The zero-order valence-electron chi connectivity index (χ0n) is 15.3. The van der Waals surface area contributed by atoms with Crippen molar-refractivity contribution in [3.63, 3.8) is 0 Å². The fraction of sp³-hybridized carbons (Fsp3) is 0.143. The highest BCUT2D eigenvalue weighted by Gasteiger charge is 2.09. The zero-order chi connectivity index (χ0) is 20.1. The van der Waals surface area contributed by atoms with E-state index >= 15 is 0 Å². The number of aliphatic hydroxyl groups excluding tert-OH is 1. The molecule has 0 spiro atoms. The molecule has 0 aromatic heterocycles. The molecule has 146 valence electrons. The summed E-state index contributed by atoms with van der Waals surface area (Å²) in [5, 5.41) is 13.6. The Morgan fingerprint density at radius 1 is 0.929 bits per heavy atom. The predicted molar refractivity (Wildman–Crippen MR) is 118 cm³/mol. The van der Waals surface area contributed by atoms with Crippen molar-refractivity contribution in [1.29, 1.82) is 0 Å². The molecule has 0 radical (unpaired) electrons. The van der Waals surface area contributed by atoms with Crippen LogP contribution in [0.1, 0.15) is 11.7 Å². The van der Waals surface area contributed by atoms with Crippen LogP contribution in [-0.2, 0) is 10.0 Å². The summed E-state index contributed by atoms with van der Waals surface area (Å²) in [6.07, 6.45) is 0.417. The van der Waals surface area contributed by atoms with Crippen LogP contribution in [0.3, 0.4) is 0 Å². The molecule has 0 amide bonds. The second-order valence-electron chi connectivity index (χ2n) is 6.48. The monoisotopic (exact) mass is 460 g/mol. The van der Waals surface area contributed by atoms with Crippen molar-refractivity contribution in [2.24, 2.45) is 0 Å². The lowest BCUT2D eigenvalue weighted by molar-refractivity contribution is 0.191. The Hall–Kier alpha value is -2.35. The highest BCUT2D eigenvalue weighted by Crippen LogP contribution is 2.24. The number of sulfonamides is 1. The first kappa shape index (κ1) is 20.4. The number of halogens is 1. The Labute approximate surface area is 173 Å². The number of anilines is 2. The first-order valence-electron chi connectivity index (χ1n) is 8.66. The number of rotatable bonds is 7. The van der Waals surface area contributed by atoms with E-state index in [2.05, 4.69) is 26.0 Å². The predicted octanol–water partition coefficient (Wildman–Crippen LogP) is 4.63. The van der Waals surface area contributed by atoms with Gasteiger partial charge in [-0.15, -0.1) is 0 Å². The average Bonchev–Trinajstić information content (AvgIpc) is 2.66. The Balaban J connectivity index is 1.63. The minimum absolute atomic E-state index is 0.306. The average molecular weight is 461 g/mol. The molecular weight excluding hydrogens is 440 g/mol. The van der Waals surface area contributed by atoms with Crippen LogP contribution in [-0.4, -0.2) is 26.3 Å². The Morgan fingerprint density at radius 3 is 2.11 bits per heavy atom. The van der Waals surface area contributed by atoms with Crippen molar-refractivity contribution >= 4 is 37.3 Å². The molecule has 0 saturated carbocycles. The lowest BCUT2D eigenvalue weighted by atomic mass is 10.0. The molecule has 3 rings (SSSR count). The van der Waals surface area contributed by atoms with Gasteiger partial charge >= 0.3 is 0 Å². The number of nitrogens with one attached hydrogen (secondary N) is 2. The fourth-order valence-electron chi connectivity index (χ4n) is 2.78. The molecule has 0 saturated heterocycles. The third-order valence-corrected chi connectivity index (χ3v) is 5.27. The summed E-state index contributed by atoms with van der Waals surface area (Å²) in [5.41, 5.74) is 4.19. The normalized spacial score (nSPS) is 12.4. The van der Waals surface area contributed by atoms with Gasteiger partial charge in [-0.25, -0.2) is 8.42 Å². The summed E-state index contributed by atoms with van der Waals surface area (Å²) < 4.78 is 26.1. The van der Waals surface area contributed by atoms with Crippen LogP contribution in [0.25, 0.3) is 11.1 Å². The summed E-state index contributed by atoms with van der Waals surface area (Å²) in [7, 11) is -3.33. The maximum Gasteiger partial charge on any atom is 0.229 e. The van der Waals surface area contributed by atoms with Gasteiger partial charge in [0.2, 0.25) is 10.0 Å². The van der Waals surface area contributed by atoms with Gasteiger partial charge in [-0.05, 0) is 47.0 Å². The molecule has 5 nitrogen and oxygen atoms in total. The van der Waals surface area contributed by atoms with Gasteiger partial charge in [0, 0.05) is 16.7 Å². The van der Waals surface area contributed by atoms with Crippen molar-refractivity contribution in [2.45, 2.75) is 6.10 Å². The molecule has 7 heteroatoms. The lowest BCUT2D eigenvalue weighted by Gasteiger charge is -2.15. The summed E-state index contributed by atoms with van der Waals surface area (Å²) in [6.45, 7) is 0.306. The highest BCUT2D eigenvalue weighted by molar-refractivity contribution is 9.10. The van der Waals surface area contributed by atoms with Crippen LogP contribution >= 0.6 is 15.9 Å². The lowest BCUT2D eigenvalue weighted by Crippen LogP contribution is -2.13. The van der Waals surface area contributed by atoms with Crippen LogP contribution in [0.2, 0.25) is 0 Å². The van der Waals surface area contributed by atoms with E-state index in [-0.39, 0.29) is 0 Å². The number of benzene rings is 3. The molecular formula is C21H21BrN2O3S. The topological polar surface area (TPSA) is 78.4 Å². The molecule has 3 aromatic rings. The van der Waals surface area contributed by atoms with Crippen LogP contribution in [0.5, 0.6) is 0 Å². The first-order chi connectivity index (χ1) is 13.3. The van der Waals surface area contributed by atoms with E-state index in [1.165, 1.54) is 0 Å². The maximum absolute atomic E-state index is 11.3. The van der Waals surface area contributed by atoms with Crippen LogP contribution in [0, 0.1) is 0 Å². The van der Waals surface area contributed by atoms with E-state index in [9.17, 15) is 13.5 Å². The second kappa shape index (κ2) is 8.77. The van der Waals surface area contributed by atoms with Gasteiger partial charge < -0.3 is 10.4 Å². The summed E-state index contributed by atoms with van der Waals surface area (Å²) in [5.74, 6) is 0. The fourth-order valence-corrected chi connectivity index (χ4v) is 3.60. The Bertz CT molecular complexity index is 1040. The maximum atomic E-state index is 11.3. The molecule has 1 atom stereocenters. The van der Waals surface area contributed by atoms with Crippen LogP contribution in [0.15, 0.2) is 77.3 Å². The molecule has 0 aliphatic heterocycles. The second-order valence-corrected chi connectivity index (χ2v) is 9.14. The van der Waals surface area contributed by atoms with E-state index in [4.69, 9.17) is 0 Å². The first-order valence-corrected chi connectivity index (χ1v) is 11.3. The Morgan fingerprint density at radius 2 is 1.50 bits per heavy atom. The number of hydrogen-bond acceptors (Lipinski definition) is 4. The molecule has 3 aromatic carbocycles. The molecule has 0 heterocycles.